The first-order valence-corrected chi connectivity index (χ1v) is 17.8. The molecule has 272 valence electrons. The molecule has 0 N–H and O–H groups in total. The van der Waals surface area contributed by atoms with Gasteiger partial charge in [-0.25, -0.2) is 0 Å². The van der Waals surface area contributed by atoms with E-state index in [0.717, 1.165) is 60.3 Å². The summed E-state index contributed by atoms with van der Waals surface area (Å²) < 4.78 is 52.3. The molecule has 0 bridgehead atoms. The van der Waals surface area contributed by atoms with E-state index < -0.39 is 18.0 Å². The van der Waals surface area contributed by atoms with Crippen LogP contribution in [0.4, 0.5) is 13.2 Å². The van der Waals surface area contributed by atoms with Crippen molar-refractivity contribution in [3.05, 3.63) is 76.4 Å². The number of amidine groups is 1. The zero-order valence-corrected chi connectivity index (χ0v) is 28.7. The van der Waals surface area contributed by atoms with Gasteiger partial charge in [-0.3, -0.25) is 14.4 Å². The molecule has 2 fully saturated rings. The van der Waals surface area contributed by atoms with Crippen molar-refractivity contribution in [2.24, 2.45) is 5.10 Å². The topological polar surface area (TPSA) is 119 Å². The van der Waals surface area contributed by atoms with Gasteiger partial charge in [0.1, 0.15) is 24.0 Å². The average molecular weight is 717 g/mol. The fourth-order valence-electron chi connectivity index (χ4n) is 7.29. The zero-order chi connectivity index (χ0) is 36.2. The Morgan fingerprint density at radius 2 is 1.69 bits per heavy atom. The Balaban J connectivity index is 0.783. The summed E-state index contributed by atoms with van der Waals surface area (Å²) in [5.41, 5.74) is 3.42. The second kappa shape index (κ2) is 15.3. The van der Waals surface area contributed by atoms with E-state index >= 15 is 0 Å². The third-order valence-electron chi connectivity index (χ3n) is 10.1. The van der Waals surface area contributed by atoms with Crippen LogP contribution in [0.25, 0.3) is 0 Å². The number of unbranched alkanes of at least 4 members (excludes halogenated alkanes) is 1. The summed E-state index contributed by atoms with van der Waals surface area (Å²) in [7, 11) is 0. The molecule has 7 rings (SSSR count). The van der Waals surface area contributed by atoms with Crippen molar-refractivity contribution in [3.8, 4) is 17.6 Å². The van der Waals surface area contributed by atoms with E-state index in [1.807, 2.05) is 18.2 Å². The minimum atomic E-state index is -4.60. The highest BCUT2D eigenvalue weighted by atomic mass is 19.4. The molecule has 2 aromatic carbocycles. The number of nitrogens with zero attached hydrogens (tertiary/aromatic N) is 6. The van der Waals surface area contributed by atoms with Crippen LogP contribution in [0.15, 0.2) is 47.6 Å². The molecule has 3 aliphatic heterocycles. The van der Waals surface area contributed by atoms with E-state index in [9.17, 15) is 27.6 Å². The Kier molecular flexibility index (Phi) is 10.4. The number of carbonyl (C=O) groups excluding carboxylic acids is 3. The van der Waals surface area contributed by atoms with Gasteiger partial charge in [-0.2, -0.15) is 22.9 Å². The lowest BCUT2D eigenvalue weighted by molar-refractivity contribution is -0.147. The zero-order valence-electron chi connectivity index (χ0n) is 28.7. The van der Waals surface area contributed by atoms with Crippen molar-refractivity contribution in [2.75, 3.05) is 32.9 Å². The lowest BCUT2D eigenvalue weighted by atomic mass is 9.89. The van der Waals surface area contributed by atoms with E-state index in [0.29, 0.717) is 62.8 Å². The summed E-state index contributed by atoms with van der Waals surface area (Å²) >= 11 is 0. The van der Waals surface area contributed by atoms with E-state index in [4.69, 9.17) is 9.47 Å². The van der Waals surface area contributed by atoms with Crippen molar-refractivity contribution >= 4 is 23.3 Å². The number of ether oxygens (including phenoxy) is 2. The van der Waals surface area contributed by atoms with E-state index in [-0.39, 0.29) is 36.3 Å². The van der Waals surface area contributed by atoms with Crippen LogP contribution in [-0.2, 0) is 33.5 Å². The Bertz CT molecular complexity index is 1920. The fraction of sp³-hybridized carbons (Fsp3) is 0.474. The Morgan fingerprint density at radius 1 is 0.904 bits per heavy atom. The third-order valence-corrected chi connectivity index (χ3v) is 10.1. The minimum absolute atomic E-state index is 0.0617. The quantitative estimate of drug-likeness (QED) is 0.169. The normalized spacial score (nSPS) is 19.2. The number of carbonyl (C=O) groups is 3. The van der Waals surface area contributed by atoms with Gasteiger partial charge in [0.2, 0.25) is 0 Å². The smallest absolute Gasteiger partial charge is 0.453 e. The molecular weight excluding hydrogens is 677 g/mol. The highest BCUT2D eigenvalue weighted by molar-refractivity contribution is 6.07. The van der Waals surface area contributed by atoms with Crippen LogP contribution in [0, 0.1) is 11.8 Å². The first-order valence-electron chi connectivity index (χ1n) is 17.8. The molecule has 1 aromatic heterocycles. The molecule has 1 aliphatic carbocycles. The first-order chi connectivity index (χ1) is 25.1. The Morgan fingerprint density at radius 3 is 2.46 bits per heavy atom. The molecule has 1 saturated carbocycles. The van der Waals surface area contributed by atoms with Gasteiger partial charge in [0.05, 0.1) is 19.1 Å². The third kappa shape index (κ3) is 7.89. The summed E-state index contributed by atoms with van der Waals surface area (Å²) in [4.78, 5) is 40.5. The second-order valence-corrected chi connectivity index (χ2v) is 13.5. The average Bonchev–Trinajstić information content (AvgIpc) is 3.72. The molecular formula is C38H39F3N6O5. The van der Waals surface area contributed by atoms with E-state index in [1.54, 1.807) is 17.0 Å². The monoisotopic (exact) mass is 716 g/mol. The minimum Gasteiger partial charge on any atom is -0.494 e. The van der Waals surface area contributed by atoms with Crippen LogP contribution in [0.3, 0.4) is 0 Å². The largest absolute Gasteiger partial charge is 0.494 e. The summed E-state index contributed by atoms with van der Waals surface area (Å²) in [6.07, 6.45) is 0.361. The number of benzene rings is 2. The Hall–Kier alpha value is -5.03. The molecule has 4 aliphatic rings. The van der Waals surface area contributed by atoms with E-state index in [2.05, 4.69) is 44.2 Å². The number of alkyl halides is 3. The molecule has 1 atom stereocenters. The van der Waals surface area contributed by atoms with Crippen molar-refractivity contribution < 1.29 is 37.0 Å². The Labute approximate surface area is 299 Å². The molecule has 14 heteroatoms. The molecule has 1 saturated heterocycles. The molecule has 4 heterocycles. The summed E-state index contributed by atoms with van der Waals surface area (Å²) in [6.45, 7) is 3.19. The molecule has 0 spiro atoms. The lowest BCUT2D eigenvalue weighted by Crippen LogP contribution is -2.44. The molecule has 1 unspecified atom stereocenters. The van der Waals surface area contributed by atoms with Crippen LogP contribution >= 0.6 is 0 Å². The number of piperidine rings is 1. The van der Waals surface area contributed by atoms with Gasteiger partial charge in [-0.15, -0.1) is 10.2 Å². The van der Waals surface area contributed by atoms with Gasteiger partial charge >= 0.3 is 6.18 Å². The number of ketones is 2. The molecule has 52 heavy (non-hydrogen) atoms. The standard InChI is InChI=1S/C38H39F3N6O5/c39-38(40,41)37-43-42-34-13-14-35(44-47(34)37)45-17-15-27(16-18-45)26-6-9-30(10-7-26)52-21-2-1-19-51-20-3-4-25-5-11-31-28(22-25)24-46(36(31)50)32-12-8-29(48)23-33(32)49/h5-7,9-11,22,27,32H,1-2,8,12-21,23-24H2. The molecule has 0 radical (unpaired) electrons. The lowest BCUT2D eigenvalue weighted by Gasteiger charge is -2.35. The predicted octanol–water partition coefficient (Wildman–Crippen LogP) is 5.16. The number of aromatic nitrogens is 3. The van der Waals surface area contributed by atoms with Crippen LogP contribution in [-0.4, -0.2) is 86.9 Å². The number of likely N-dealkylation sites (tertiary alicyclic amines) is 1. The van der Waals surface area contributed by atoms with Gasteiger partial charge in [0.15, 0.2) is 11.6 Å². The van der Waals surface area contributed by atoms with Crippen LogP contribution in [0.1, 0.15) is 96.0 Å². The molecule has 1 amide bonds. The maximum absolute atomic E-state index is 13.3. The maximum atomic E-state index is 13.3. The van der Waals surface area contributed by atoms with Crippen molar-refractivity contribution in [1.82, 2.24) is 24.7 Å². The van der Waals surface area contributed by atoms with Crippen LogP contribution in [0.2, 0.25) is 0 Å². The summed E-state index contributed by atoms with van der Waals surface area (Å²) in [5, 5.41) is 11.2. The van der Waals surface area contributed by atoms with Crippen LogP contribution < -0.4 is 4.74 Å². The highest BCUT2D eigenvalue weighted by Crippen LogP contribution is 2.33. The first kappa shape index (κ1) is 35.4. The number of hydrogen-bond acceptors (Lipinski definition) is 9. The maximum Gasteiger partial charge on any atom is 0.453 e. The van der Waals surface area contributed by atoms with Crippen molar-refractivity contribution in [3.63, 3.8) is 0 Å². The number of Topliss-reactive ketones (excluding diaryl/α,β-unsaturated/α-hetero) is 2. The number of rotatable bonds is 9. The van der Waals surface area contributed by atoms with Gasteiger partial charge in [0.25, 0.3) is 11.7 Å². The van der Waals surface area contributed by atoms with Gasteiger partial charge in [-0.05, 0) is 79.5 Å². The second-order valence-electron chi connectivity index (χ2n) is 13.5. The van der Waals surface area contributed by atoms with E-state index in [1.165, 1.54) is 5.56 Å². The highest BCUT2D eigenvalue weighted by Gasteiger charge is 2.41. The SMILES string of the molecule is O=C1CCC(N2Cc3cc(C#CCOCCCCOc4ccc(C5CCN(C6=Nn7c(nnc7C(F)(F)F)CC6)CC5)cc4)ccc3C2=O)C(=O)C1. The van der Waals surface area contributed by atoms with Crippen molar-refractivity contribution in [2.45, 2.75) is 82.5 Å². The van der Waals surface area contributed by atoms with Crippen LogP contribution in [0.5, 0.6) is 5.75 Å². The summed E-state index contributed by atoms with van der Waals surface area (Å²) in [6, 6.07) is 13.0. The number of amides is 1. The fourth-order valence-corrected chi connectivity index (χ4v) is 7.29. The molecule has 3 aromatic rings. The van der Waals surface area contributed by atoms with Gasteiger partial charge < -0.3 is 19.3 Å². The number of fused-ring (bicyclic) bond motifs is 2. The number of aryl methyl sites for hydroxylation is 1. The number of hydrogen-bond donors (Lipinski definition) is 0. The summed E-state index contributed by atoms with van der Waals surface area (Å²) in [5.74, 6) is 6.67. The molecule has 11 nitrogen and oxygen atoms in total. The number of halogens is 3. The van der Waals surface area contributed by atoms with Gasteiger partial charge in [0, 0.05) is 56.6 Å². The van der Waals surface area contributed by atoms with Gasteiger partial charge in [-0.1, -0.05) is 24.0 Å². The van der Waals surface area contributed by atoms with Crippen molar-refractivity contribution in [1.29, 1.82) is 0 Å². The predicted molar refractivity (Wildman–Crippen MR) is 183 cm³/mol.